The molecule has 1 aliphatic rings. The molecular formula is C21H25N3O2. The molecule has 5 heteroatoms. The van der Waals surface area contributed by atoms with E-state index in [2.05, 4.69) is 34.1 Å². The lowest BCUT2D eigenvalue weighted by Gasteiger charge is -2.20. The van der Waals surface area contributed by atoms with Crippen molar-refractivity contribution in [3.63, 3.8) is 0 Å². The molecule has 2 aromatic carbocycles. The van der Waals surface area contributed by atoms with Crippen LogP contribution in [0.15, 0.2) is 42.5 Å². The molecule has 3 N–H and O–H groups in total. The largest absolute Gasteiger partial charge is 0.331 e. The average Bonchev–Trinajstić information content (AvgIpc) is 2.61. The van der Waals surface area contributed by atoms with Gasteiger partial charge in [-0.1, -0.05) is 24.3 Å². The lowest BCUT2D eigenvalue weighted by molar-refractivity contribution is -0.114. The van der Waals surface area contributed by atoms with E-state index in [1.807, 2.05) is 6.92 Å². The Morgan fingerprint density at radius 3 is 2.35 bits per heavy atom. The Bertz CT molecular complexity index is 817. The van der Waals surface area contributed by atoms with Crippen molar-refractivity contribution in [3.05, 3.63) is 59.2 Å². The Kier molecular flexibility index (Phi) is 5.56. The molecule has 1 unspecified atom stereocenters. The highest BCUT2D eigenvalue weighted by Crippen LogP contribution is 2.25. The summed E-state index contributed by atoms with van der Waals surface area (Å²) in [6, 6.07) is 13.2. The van der Waals surface area contributed by atoms with Gasteiger partial charge in [0.1, 0.15) is 0 Å². The molecule has 136 valence electrons. The zero-order chi connectivity index (χ0) is 18.5. The first-order valence-electron chi connectivity index (χ1n) is 9.08. The number of hydrogen-bond donors (Lipinski definition) is 3. The second-order valence-electron chi connectivity index (χ2n) is 6.82. The standard InChI is InChI=1S/C21H25N3O2/c1-14(17-11-10-16-6-3-4-7-18(16)12-17)22-21(26)24-20-9-5-8-19(13-20)23-15(2)25/h5,8-14H,3-4,6-7H2,1-2H3,(H,23,25)(H2,22,24,26). The molecule has 0 saturated heterocycles. The van der Waals surface area contributed by atoms with Crippen LogP contribution < -0.4 is 16.0 Å². The Morgan fingerprint density at radius 1 is 0.923 bits per heavy atom. The highest BCUT2D eigenvalue weighted by molar-refractivity contribution is 5.92. The number of nitrogens with one attached hydrogen (secondary N) is 3. The highest BCUT2D eigenvalue weighted by Gasteiger charge is 2.14. The van der Waals surface area contributed by atoms with Crippen molar-refractivity contribution in [1.29, 1.82) is 0 Å². The van der Waals surface area contributed by atoms with E-state index in [4.69, 9.17) is 0 Å². The van der Waals surface area contributed by atoms with Crippen molar-refractivity contribution in [2.45, 2.75) is 45.6 Å². The van der Waals surface area contributed by atoms with Gasteiger partial charge in [-0.15, -0.1) is 0 Å². The number of amides is 3. The monoisotopic (exact) mass is 351 g/mol. The van der Waals surface area contributed by atoms with Crippen LogP contribution in [0.25, 0.3) is 0 Å². The predicted molar refractivity (Wildman–Crippen MR) is 104 cm³/mol. The number of rotatable bonds is 4. The van der Waals surface area contributed by atoms with Crippen molar-refractivity contribution in [2.75, 3.05) is 10.6 Å². The Morgan fingerprint density at radius 2 is 1.62 bits per heavy atom. The number of hydrogen-bond acceptors (Lipinski definition) is 2. The summed E-state index contributed by atoms with van der Waals surface area (Å²) in [6.07, 6.45) is 4.78. The first-order chi connectivity index (χ1) is 12.5. The van der Waals surface area contributed by atoms with Crippen molar-refractivity contribution < 1.29 is 9.59 Å². The van der Waals surface area contributed by atoms with E-state index in [-0.39, 0.29) is 18.0 Å². The molecule has 0 fully saturated rings. The summed E-state index contributed by atoms with van der Waals surface area (Å²) >= 11 is 0. The zero-order valence-electron chi connectivity index (χ0n) is 15.3. The number of anilines is 2. The summed E-state index contributed by atoms with van der Waals surface area (Å²) < 4.78 is 0. The summed E-state index contributed by atoms with van der Waals surface area (Å²) in [5.41, 5.74) is 5.24. The van der Waals surface area contributed by atoms with Crippen molar-refractivity contribution >= 4 is 23.3 Å². The van der Waals surface area contributed by atoms with Crippen molar-refractivity contribution in [1.82, 2.24) is 5.32 Å². The normalized spacial score (nSPS) is 14.1. The van der Waals surface area contributed by atoms with Gasteiger partial charge in [0.15, 0.2) is 0 Å². The third-order valence-electron chi connectivity index (χ3n) is 4.66. The Balaban J connectivity index is 1.62. The smallest absolute Gasteiger partial charge is 0.319 e. The molecule has 0 aliphatic heterocycles. The van der Waals surface area contributed by atoms with E-state index in [0.717, 1.165) is 18.4 Å². The lowest BCUT2D eigenvalue weighted by Crippen LogP contribution is -2.31. The van der Waals surface area contributed by atoms with Crippen LogP contribution in [0.2, 0.25) is 0 Å². The van der Waals surface area contributed by atoms with Gasteiger partial charge in [-0.2, -0.15) is 0 Å². The van der Waals surface area contributed by atoms with Gasteiger partial charge < -0.3 is 16.0 Å². The average molecular weight is 351 g/mol. The molecule has 1 atom stereocenters. The van der Waals surface area contributed by atoms with Crippen molar-refractivity contribution in [3.8, 4) is 0 Å². The molecule has 0 aromatic heterocycles. The summed E-state index contributed by atoms with van der Waals surface area (Å²) in [7, 11) is 0. The molecule has 26 heavy (non-hydrogen) atoms. The van der Waals surface area contributed by atoms with Crippen molar-refractivity contribution in [2.24, 2.45) is 0 Å². The van der Waals surface area contributed by atoms with Gasteiger partial charge in [0, 0.05) is 18.3 Å². The fraction of sp³-hybridized carbons (Fsp3) is 0.333. The van der Waals surface area contributed by atoms with Gasteiger partial charge in [0.25, 0.3) is 0 Å². The number of carbonyl (C=O) groups excluding carboxylic acids is 2. The maximum atomic E-state index is 12.3. The van der Waals surface area contributed by atoms with E-state index < -0.39 is 0 Å². The van der Waals surface area contributed by atoms with Gasteiger partial charge in [-0.25, -0.2) is 4.79 Å². The molecule has 2 aromatic rings. The van der Waals surface area contributed by atoms with Crippen LogP contribution in [0.3, 0.4) is 0 Å². The molecule has 0 spiro atoms. The van der Waals surface area contributed by atoms with E-state index in [0.29, 0.717) is 11.4 Å². The number of carbonyl (C=O) groups is 2. The van der Waals surface area contributed by atoms with Crippen LogP contribution in [0.4, 0.5) is 16.2 Å². The predicted octanol–water partition coefficient (Wildman–Crippen LogP) is 4.41. The van der Waals surface area contributed by atoms with Gasteiger partial charge in [-0.05, 0) is 67.5 Å². The molecule has 0 heterocycles. The second kappa shape index (κ2) is 8.04. The van der Waals surface area contributed by atoms with Crippen LogP contribution in [0.1, 0.15) is 49.4 Å². The topological polar surface area (TPSA) is 70.2 Å². The molecule has 5 nitrogen and oxygen atoms in total. The molecule has 3 rings (SSSR count). The highest BCUT2D eigenvalue weighted by atomic mass is 16.2. The summed E-state index contributed by atoms with van der Waals surface area (Å²) in [5, 5.41) is 8.49. The molecule has 0 saturated carbocycles. The first-order valence-corrected chi connectivity index (χ1v) is 9.08. The minimum atomic E-state index is -0.268. The summed E-state index contributed by atoms with van der Waals surface area (Å²) in [5.74, 6) is -0.146. The number of aryl methyl sites for hydroxylation is 2. The Hall–Kier alpha value is -2.82. The minimum Gasteiger partial charge on any atom is -0.331 e. The SMILES string of the molecule is CC(=O)Nc1cccc(NC(=O)NC(C)c2ccc3c(c2)CCCC3)c1. The maximum absolute atomic E-state index is 12.3. The minimum absolute atomic E-state index is 0.0826. The third-order valence-corrected chi connectivity index (χ3v) is 4.66. The number of benzene rings is 2. The van der Waals surface area contributed by atoms with E-state index >= 15 is 0 Å². The van der Waals surface area contributed by atoms with Crippen LogP contribution in [-0.2, 0) is 17.6 Å². The molecule has 1 aliphatic carbocycles. The fourth-order valence-electron chi connectivity index (χ4n) is 3.35. The van der Waals surface area contributed by atoms with Gasteiger partial charge >= 0.3 is 6.03 Å². The molecule has 0 bridgehead atoms. The second-order valence-corrected chi connectivity index (χ2v) is 6.82. The quantitative estimate of drug-likeness (QED) is 0.764. The molecule has 3 amide bonds. The van der Waals surface area contributed by atoms with Crippen LogP contribution in [0.5, 0.6) is 0 Å². The fourth-order valence-corrected chi connectivity index (χ4v) is 3.35. The van der Waals surface area contributed by atoms with Crippen LogP contribution in [0, 0.1) is 0 Å². The van der Waals surface area contributed by atoms with Gasteiger partial charge in [-0.3, -0.25) is 4.79 Å². The number of urea groups is 1. The third kappa shape index (κ3) is 4.63. The molecular weight excluding hydrogens is 326 g/mol. The van der Waals surface area contributed by atoms with E-state index in [1.165, 1.54) is 30.9 Å². The Labute approximate surface area is 154 Å². The van der Waals surface area contributed by atoms with Gasteiger partial charge in [0.2, 0.25) is 5.91 Å². The number of fused-ring (bicyclic) bond motifs is 1. The van der Waals surface area contributed by atoms with E-state index in [1.54, 1.807) is 24.3 Å². The van der Waals surface area contributed by atoms with Gasteiger partial charge in [0.05, 0.1) is 6.04 Å². The van der Waals surface area contributed by atoms with E-state index in [9.17, 15) is 9.59 Å². The summed E-state index contributed by atoms with van der Waals surface area (Å²) in [4.78, 5) is 23.4. The zero-order valence-corrected chi connectivity index (χ0v) is 15.3. The van der Waals surface area contributed by atoms with Crippen LogP contribution >= 0.6 is 0 Å². The first kappa shape index (κ1) is 18.0. The molecule has 0 radical (unpaired) electrons. The van der Waals surface area contributed by atoms with Crippen LogP contribution in [-0.4, -0.2) is 11.9 Å². The maximum Gasteiger partial charge on any atom is 0.319 e. The lowest BCUT2D eigenvalue weighted by atomic mass is 9.89. The summed E-state index contributed by atoms with van der Waals surface area (Å²) in [6.45, 7) is 3.44.